The zero-order valence-electron chi connectivity index (χ0n) is 19.5. The third kappa shape index (κ3) is 5.61. The number of hydrogen-bond donors (Lipinski definition) is 1. The number of imidazole rings is 1. The van der Waals surface area contributed by atoms with Crippen LogP contribution in [0.4, 0.5) is 0 Å². The molecule has 0 radical (unpaired) electrons. The molecule has 1 heterocycles. The molecule has 0 atom stereocenters. The number of nitrogens with one attached hydrogen (secondary N) is 1. The number of ether oxygens (including phenoxy) is 1. The maximum absolute atomic E-state index is 12.6. The van der Waals surface area contributed by atoms with Gasteiger partial charge in [-0.2, -0.15) is 0 Å². The molecule has 3 aromatic carbocycles. The lowest BCUT2D eigenvalue weighted by Gasteiger charge is -2.12. The van der Waals surface area contributed by atoms with Crippen LogP contribution in [0, 0.1) is 6.92 Å². The predicted molar refractivity (Wildman–Crippen MR) is 133 cm³/mol. The molecule has 5 nitrogen and oxygen atoms in total. The van der Waals surface area contributed by atoms with Gasteiger partial charge in [0, 0.05) is 12.1 Å². The molecule has 1 aromatic heterocycles. The summed E-state index contributed by atoms with van der Waals surface area (Å²) in [5.41, 5.74) is 5.04. The minimum Gasteiger partial charge on any atom is -0.494 e. The monoisotopic (exact) mass is 441 g/mol. The van der Waals surface area contributed by atoms with Gasteiger partial charge >= 0.3 is 0 Å². The first-order valence-electron chi connectivity index (χ1n) is 11.5. The molecular weight excluding hydrogens is 410 g/mol. The van der Waals surface area contributed by atoms with E-state index in [0.717, 1.165) is 41.1 Å². The number of nitrogens with zero attached hydrogens (tertiary/aromatic N) is 2. The van der Waals surface area contributed by atoms with Gasteiger partial charge in [0.2, 0.25) is 0 Å². The molecule has 4 rings (SSSR count). The highest BCUT2D eigenvalue weighted by molar-refractivity contribution is 5.94. The average molecular weight is 442 g/mol. The lowest BCUT2D eigenvalue weighted by Crippen LogP contribution is -2.25. The molecule has 170 valence electrons. The topological polar surface area (TPSA) is 56.2 Å². The fourth-order valence-corrected chi connectivity index (χ4v) is 3.92. The lowest BCUT2D eigenvalue weighted by atomic mass is 10.0. The Labute approximate surface area is 195 Å². The summed E-state index contributed by atoms with van der Waals surface area (Å²) in [6, 6.07) is 24.0. The van der Waals surface area contributed by atoms with E-state index in [9.17, 15) is 4.79 Å². The zero-order valence-corrected chi connectivity index (χ0v) is 19.5. The standard InChI is InChI=1S/C28H31N3O2/c1-20(2)22-12-14-24(15-13-22)33-17-7-16-31-26-11-5-4-10-25(26)30-27(31)19-29-28(32)23-9-6-8-21(3)18-23/h4-6,8-15,18,20H,7,16-17,19H2,1-3H3,(H,29,32). The Kier molecular flexibility index (Phi) is 7.08. The molecule has 5 heteroatoms. The molecule has 33 heavy (non-hydrogen) atoms. The highest BCUT2D eigenvalue weighted by Crippen LogP contribution is 2.20. The van der Waals surface area contributed by atoms with Crippen molar-refractivity contribution in [2.45, 2.75) is 46.2 Å². The van der Waals surface area contributed by atoms with Crippen molar-refractivity contribution in [2.24, 2.45) is 0 Å². The van der Waals surface area contributed by atoms with Crippen molar-refractivity contribution in [3.05, 3.63) is 95.3 Å². The fourth-order valence-electron chi connectivity index (χ4n) is 3.92. The summed E-state index contributed by atoms with van der Waals surface area (Å²) >= 11 is 0. The van der Waals surface area contributed by atoms with Crippen molar-refractivity contribution in [3.63, 3.8) is 0 Å². The SMILES string of the molecule is Cc1cccc(C(=O)NCc2nc3ccccc3n2CCCOc2ccc(C(C)C)cc2)c1. The minimum absolute atomic E-state index is 0.0921. The van der Waals surface area contributed by atoms with Crippen LogP contribution in [0.15, 0.2) is 72.8 Å². The van der Waals surface area contributed by atoms with Crippen molar-refractivity contribution < 1.29 is 9.53 Å². The summed E-state index contributed by atoms with van der Waals surface area (Å²) in [6.07, 6.45) is 0.838. The number of aryl methyl sites for hydroxylation is 2. The third-order valence-electron chi connectivity index (χ3n) is 5.76. The molecule has 0 bridgehead atoms. The number of benzene rings is 3. The number of amides is 1. The quantitative estimate of drug-likeness (QED) is 0.331. The Balaban J connectivity index is 1.40. The van der Waals surface area contributed by atoms with Gasteiger partial charge in [0.1, 0.15) is 11.6 Å². The molecular formula is C28H31N3O2. The molecule has 1 amide bonds. The summed E-state index contributed by atoms with van der Waals surface area (Å²) < 4.78 is 8.13. The second-order valence-electron chi connectivity index (χ2n) is 8.65. The van der Waals surface area contributed by atoms with E-state index in [2.05, 4.69) is 41.9 Å². The van der Waals surface area contributed by atoms with Crippen LogP contribution in [0.1, 0.15) is 53.5 Å². The van der Waals surface area contributed by atoms with Crippen LogP contribution in [0.25, 0.3) is 11.0 Å². The zero-order chi connectivity index (χ0) is 23.2. The van der Waals surface area contributed by atoms with Gasteiger partial charge in [0.05, 0.1) is 24.2 Å². The van der Waals surface area contributed by atoms with Gasteiger partial charge in [-0.1, -0.05) is 55.8 Å². The highest BCUT2D eigenvalue weighted by atomic mass is 16.5. The number of carbonyl (C=O) groups excluding carboxylic acids is 1. The van der Waals surface area contributed by atoms with Crippen LogP contribution in [-0.2, 0) is 13.1 Å². The summed E-state index contributed by atoms with van der Waals surface area (Å²) in [5, 5.41) is 3.02. The second kappa shape index (κ2) is 10.3. The Hall–Kier alpha value is -3.60. The van der Waals surface area contributed by atoms with Crippen molar-refractivity contribution >= 4 is 16.9 Å². The van der Waals surface area contributed by atoms with E-state index in [1.54, 1.807) is 0 Å². The van der Waals surface area contributed by atoms with Crippen molar-refractivity contribution in [1.82, 2.24) is 14.9 Å². The molecule has 0 spiro atoms. The van der Waals surface area contributed by atoms with E-state index in [-0.39, 0.29) is 5.91 Å². The Morgan fingerprint density at radius 3 is 2.58 bits per heavy atom. The first-order chi connectivity index (χ1) is 16.0. The number of fused-ring (bicyclic) bond motifs is 1. The third-order valence-corrected chi connectivity index (χ3v) is 5.76. The number of para-hydroxylation sites is 2. The number of hydrogen-bond acceptors (Lipinski definition) is 3. The van der Waals surface area contributed by atoms with E-state index >= 15 is 0 Å². The molecule has 0 aliphatic carbocycles. The minimum atomic E-state index is -0.0921. The maximum atomic E-state index is 12.6. The number of carbonyl (C=O) groups is 1. The van der Waals surface area contributed by atoms with Gasteiger partial charge in [-0.25, -0.2) is 4.98 Å². The normalized spacial score (nSPS) is 11.2. The van der Waals surface area contributed by atoms with Crippen LogP contribution >= 0.6 is 0 Å². The van der Waals surface area contributed by atoms with Gasteiger partial charge in [-0.3, -0.25) is 4.79 Å². The van der Waals surface area contributed by atoms with Crippen molar-refractivity contribution in [2.75, 3.05) is 6.61 Å². The van der Waals surface area contributed by atoms with E-state index in [1.165, 1.54) is 5.56 Å². The van der Waals surface area contributed by atoms with Gasteiger partial charge < -0.3 is 14.6 Å². The average Bonchev–Trinajstić information content (AvgIpc) is 3.18. The van der Waals surface area contributed by atoms with E-state index in [1.807, 2.05) is 61.5 Å². The Morgan fingerprint density at radius 2 is 1.82 bits per heavy atom. The summed E-state index contributed by atoms with van der Waals surface area (Å²) in [7, 11) is 0. The highest BCUT2D eigenvalue weighted by Gasteiger charge is 2.12. The maximum Gasteiger partial charge on any atom is 0.251 e. The molecule has 0 fully saturated rings. The van der Waals surface area contributed by atoms with Gasteiger partial charge in [0.25, 0.3) is 5.91 Å². The fraction of sp³-hybridized carbons (Fsp3) is 0.286. The Morgan fingerprint density at radius 1 is 1.03 bits per heavy atom. The van der Waals surface area contributed by atoms with Crippen molar-refractivity contribution in [3.8, 4) is 5.75 Å². The largest absolute Gasteiger partial charge is 0.494 e. The molecule has 1 N–H and O–H groups in total. The van der Waals surface area contributed by atoms with Gasteiger partial charge in [0.15, 0.2) is 0 Å². The molecule has 0 aliphatic heterocycles. The van der Waals surface area contributed by atoms with Gasteiger partial charge in [-0.05, 0) is 61.2 Å². The van der Waals surface area contributed by atoms with Crippen LogP contribution in [0.3, 0.4) is 0 Å². The van der Waals surface area contributed by atoms with E-state index in [0.29, 0.717) is 24.6 Å². The van der Waals surface area contributed by atoms with Crippen LogP contribution in [-0.4, -0.2) is 22.1 Å². The molecule has 4 aromatic rings. The summed E-state index contributed by atoms with van der Waals surface area (Å²) in [5.74, 6) is 2.16. The molecule has 0 saturated heterocycles. The lowest BCUT2D eigenvalue weighted by molar-refractivity contribution is 0.0949. The van der Waals surface area contributed by atoms with E-state index in [4.69, 9.17) is 9.72 Å². The molecule has 0 saturated carbocycles. The molecule has 0 unspecified atom stereocenters. The van der Waals surface area contributed by atoms with Gasteiger partial charge in [-0.15, -0.1) is 0 Å². The number of aromatic nitrogens is 2. The first-order valence-corrected chi connectivity index (χ1v) is 11.5. The summed E-state index contributed by atoms with van der Waals surface area (Å²) in [4.78, 5) is 17.4. The van der Waals surface area contributed by atoms with Crippen LogP contribution < -0.4 is 10.1 Å². The van der Waals surface area contributed by atoms with E-state index < -0.39 is 0 Å². The molecule has 0 aliphatic rings. The Bertz CT molecular complexity index is 1230. The van der Waals surface area contributed by atoms with Crippen LogP contribution in [0.2, 0.25) is 0 Å². The smallest absolute Gasteiger partial charge is 0.251 e. The number of rotatable bonds is 9. The first kappa shape index (κ1) is 22.6. The van der Waals surface area contributed by atoms with Crippen molar-refractivity contribution in [1.29, 1.82) is 0 Å². The second-order valence-corrected chi connectivity index (χ2v) is 8.65. The summed E-state index contributed by atoms with van der Waals surface area (Å²) in [6.45, 7) is 8.11. The van der Waals surface area contributed by atoms with Crippen LogP contribution in [0.5, 0.6) is 5.75 Å². The predicted octanol–water partition coefficient (Wildman–Crippen LogP) is 5.87.